The van der Waals surface area contributed by atoms with Crippen LogP contribution in [0.5, 0.6) is 0 Å². The van der Waals surface area contributed by atoms with Crippen LogP contribution in [0, 0.1) is 18.8 Å². The number of aromatic nitrogens is 2. The smallest absolute Gasteiger partial charge is 0.254 e. The van der Waals surface area contributed by atoms with Crippen LogP contribution < -0.4 is 5.32 Å². The molecule has 8 nitrogen and oxygen atoms in total. The molecule has 0 unspecified atom stereocenters. The van der Waals surface area contributed by atoms with Gasteiger partial charge in [0.15, 0.2) is 0 Å². The van der Waals surface area contributed by atoms with Gasteiger partial charge in [0, 0.05) is 38.6 Å². The van der Waals surface area contributed by atoms with Crippen LogP contribution in [0.15, 0.2) is 12.4 Å². The van der Waals surface area contributed by atoms with Crippen molar-refractivity contribution in [1.82, 2.24) is 25.1 Å². The number of carbonyl (C=O) groups excluding carboxylic acids is 2. The third-order valence-corrected chi connectivity index (χ3v) is 6.15. The van der Waals surface area contributed by atoms with E-state index in [0.717, 1.165) is 38.4 Å². The van der Waals surface area contributed by atoms with Crippen molar-refractivity contribution < 1.29 is 14.3 Å². The highest BCUT2D eigenvalue weighted by molar-refractivity contribution is 5.93. The summed E-state index contributed by atoms with van der Waals surface area (Å²) in [5, 5.41) is 2.87. The van der Waals surface area contributed by atoms with E-state index in [9.17, 15) is 9.59 Å². The van der Waals surface area contributed by atoms with Crippen LogP contribution in [0.1, 0.15) is 41.9 Å². The summed E-state index contributed by atoms with van der Waals surface area (Å²) in [7, 11) is 0. The molecular formula is C21H31N5O3. The highest BCUT2D eigenvalue weighted by Gasteiger charge is 2.31. The Morgan fingerprint density at radius 1 is 1.14 bits per heavy atom. The number of hydrogen-bond donors (Lipinski definition) is 1. The number of nitrogens with one attached hydrogen (secondary N) is 1. The highest BCUT2D eigenvalue weighted by Crippen LogP contribution is 2.31. The Kier molecular flexibility index (Phi) is 6.40. The maximum Gasteiger partial charge on any atom is 0.254 e. The second-order valence-electron chi connectivity index (χ2n) is 8.65. The van der Waals surface area contributed by atoms with Gasteiger partial charge in [-0.2, -0.15) is 0 Å². The van der Waals surface area contributed by atoms with E-state index in [1.807, 2.05) is 4.90 Å². The highest BCUT2D eigenvalue weighted by atomic mass is 16.5. The molecule has 1 atom stereocenters. The van der Waals surface area contributed by atoms with E-state index in [1.54, 1.807) is 6.92 Å². The minimum atomic E-state index is -0.222. The van der Waals surface area contributed by atoms with Crippen molar-refractivity contribution in [2.45, 2.75) is 38.7 Å². The Morgan fingerprint density at radius 3 is 2.52 bits per heavy atom. The van der Waals surface area contributed by atoms with E-state index < -0.39 is 0 Å². The molecule has 3 fully saturated rings. The molecule has 1 aliphatic carbocycles. The average Bonchev–Trinajstić information content (AvgIpc) is 3.54. The van der Waals surface area contributed by atoms with E-state index in [0.29, 0.717) is 30.4 Å². The molecule has 1 saturated carbocycles. The van der Waals surface area contributed by atoms with Gasteiger partial charge in [-0.1, -0.05) is 0 Å². The molecule has 2 aliphatic heterocycles. The lowest BCUT2D eigenvalue weighted by Crippen LogP contribution is -2.52. The van der Waals surface area contributed by atoms with E-state index in [1.165, 1.54) is 31.8 Å². The molecule has 0 bridgehead atoms. The van der Waals surface area contributed by atoms with Gasteiger partial charge in [-0.25, -0.2) is 9.97 Å². The van der Waals surface area contributed by atoms with Gasteiger partial charge in [0.2, 0.25) is 5.91 Å². The number of nitrogens with zero attached hydrogens (tertiary/aromatic N) is 4. The van der Waals surface area contributed by atoms with Crippen LogP contribution in [-0.2, 0) is 9.53 Å². The van der Waals surface area contributed by atoms with Crippen LogP contribution in [-0.4, -0.2) is 83.6 Å². The van der Waals surface area contributed by atoms with Gasteiger partial charge in [0.25, 0.3) is 5.91 Å². The number of likely N-dealkylation sites (tertiary alicyclic amines) is 1. The molecule has 29 heavy (non-hydrogen) atoms. The fraction of sp³-hybridized carbons (Fsp3) is 0.714. The van der Waals surface area contributed by atoms with E-state index >= 15 is 0 Å². The van der Waals surface area contributed by atoms with Gasteiger partial charge >= 0.3 is 0 Å². The molecule has 1 aromatic rings. The minimum absolute atomic E-state index is 0.0555. The lowest BCUT2D eigenvalue weighted by atomic mass is 9.95. The second-order valence-corrected chi connectivity index (χ2v) is 8.65. The minimum Gasteiger partial charge on any atom is -0.365 e. The standard InChI is InChI=1S/C21H31N5O3/c1-15-22-8-18(9-23-15)21(28)24-10-19-13-26(20(27)14-29-19)12-17-4-6-25(7-5-17)11-16-2-3-16/h8-9,16-17,19H,2-7,10-14H2,1H3,(H,24,28)/t19-/m0/s1. The Hall–Kier alpha value is -2.06. The second kappa shape index (κ2) is 9.17. The molecule has 0 spiro atoms. The molecule has 0 radical (unpaired) electrons. The van der Waals surface area contributed by atoms with Gasteiger partial charge in [-0.05, 0) is 57.5 Å². The van der Waals surface area contributed by atoms with Gasteiger partial charge in [0.1, 0.15) is 12.4 Å². The lowest BCUT2D eigenvalue weighted by Gasteiger charge is -2.38. The molecule has 2 saturated heterocycles. The summed E-state index contributed by atoms with van der Waals surface area (Å²) < 4.78 is 5.64. The Labute approximate surface area is 172 Å². The number of rotatable bonds is 7. The summed E-state index contributed by atoms with van der Waals surface area (Å²) in [6.45, 7) is 7.14. The Morgan fingerprint density at radius 2 is 1.83 bits per heavy atom. The van der Waals surface area contributed by atoms with Crippen molar-refractivity contribution in [3.05, 3.63) is 23.8 Å². The van der Waals surface area contributed by atoms with Crippen molar-refractivity contribution in [1.29, 1.82) is 0 Å². The van der Waals surface area contributed by atoms with Crippen LogP contribution in [0.4, 0.5) is 0 Å². The van der Waals surface area contributed by atoms with Crippen molar-refractivity contribution in [2.75, 3.05) is 45.9 Å². The monoisotopic (exact) mass is 401 g/mol. The van der Waals surface area contributed by atoms with Crippen molar-refractivity contribution in [3.63, 3.8) is 0 Å². The van der Waals surface area contributed by atoms with Crippen molar-refractivity contribution >= 4 is 11.8 Å². The predicted octanol–water partition coefficient (Wildman–Crippen LogP) is 0.864. The first-order valence-electron chi connectivity index (χ1n) is 10.8. The molecular weight excluding hydrogens is 370 g/mol. The summed E-state index contributed by atoms with van der Waals surface area (Å²) >= 11 is 0. The van der Waals surface area contributed by atoms with E-state index in [4.69, 9.17) is 4.74 Å². The largest absolute Gasteiger partial charge is 0.365 e. The maximum atomic E-state index is 12.3. The van der Waals surface area contributed by atoms with Crippen LogP contribution in [0.3, 0.4) is 0 Å². The van der Waals surface area contributed by atoms with Crippen molar-refractivity contribution in [3.8, 4) is 0 Å². The summed E-state index contributed by atoms with van der Waals surface area (Å²) in [4.78, 5) is 37.2. The molecule has 3 heterocycles. The number of aryl methyl sites for hydroxylation is 1. The molecule has 4 rings (SSSR count). The number of ether oxygens (including phenoxy) is 1. The van der Waals surface area contributed by atoms with Gasteiger partial charge < -0.3 is 19.9 Å². The summed E-state index contributed by atoms with van der Waals surface area (Å²) in [6, 6.07) is 0. The Balaban J connectivity index is 1.21. The topological polar surface area (TPSA) is 87.7 Å². The third-order valence-electron chi connectivity index (χ3n) is 6.15. The molecule has 2 amide bonds. The summed E-state index contributed by atoms with van der Waals surface area (Å²) in [6.07, 6.45) is 7.97. The normalized spacial score (nSPS) is 24.0. The average molecular weight is 402 g/mol. The first-order valence-corrected chi connectivity index (χ1v) is 10.8. The maximum absolute atomic E-state index is 12.3. The van der Waals surface area contributed by atoms with Crippen molar-refractivity contribution in [2.24, 2.45) is 11.8 Å². The zero-order valence-corrected chi connectivity index (χ0v) is 17.2. The summed E-state index contributed by atoms with van der Waals surface area (Å²) in [5.41, 5.74) is 0.428. The third kappa shape index (κ3) is 5.73. The first-order chi connectivity index (χ1) is 14.1. The molecule has 158 valence electrons. The fourth-order valence-corrected chi connectivity index (χ4v) is 4.13. The SMILES string of the molecule is Cc1ncc(C(=O)NC[C@H]2CN(CC3CCN(CC4CC4)CC3)C(=O)CO2)cn1. The van der Waals surface area contributed by atoms with E-state index in [-0.39, 0.29) is 24.5 Å². The lowest BCUT2D eigenvalue weighted by molar-refractivity contribution is -0.149. The van der Waals surface area contributed by atoms with Crippen LogP contribution in [0.2, 0.25) is 0 Å². The van der Waals surface area contributed by atoms with Gasteiger partial charge in [-0.15, -0.1) is 0 Å². The number of carbonyl (C=O) groups is 2. The molecule has 1 aromatic heterocycles. The quantitative estimate of drug-likeness (QED) is 0.729. The number of morpholine rings is 1. The molecule has 8 heteroatoms. The van der Waals surface area contributed by atoms with Gasteiger partial charge in [-0.3, -0.25) is 9.59 Å². The molecule has 3 aliphatic rings. The summed E-state index contributed by atoms with van der Waals surface area (Å²) in [5.74, 6) is 1.96. The van der Waals surface area contributed by atoms with Crippen LogP contribution >= 0.6 is 0 Å². The first kappa shape index (κ1) is 20.2. The Bertz CT molecular complexity index is 714. The number of piperidine rings is 1. The van der Waals surface area contributed by atoms with Gasteiger partial charge in [0.05, 0.1) is 11.7 Å². The number of amides is 2. The molecule has 1 N–H and O–H groups in total. The zero-order chi connectivity index (χ0) is 20.2. The zero-order valence-electron chi connectivity index (χ0n) is 17.2. The number of hydrogen-bond acceptors (Lipinski definition) is 6. The fourth-order valence-electron chi connectivity index (χ4n) is 4.13. The van der Waals surface area contributed by atoms with Crippen LogP contribution in [0.25, 0.3) is 0 Å². The van der Waals surface area contributed by atoms with E-state index in [2.05, 4.69) is 20.2 Å². The molecule has 0 aromatic carbocycles. The predicted molar refractivity (Wildman–Crippen MR) is 107 cm³/mol.